The predicted octanol–water partition coefficient (Wildman–Crippen LogP) is 3.75. The molecule has 0 saturated heterocycles. The van der Waals surface area contributed by atoms with E-state index < -0.39 is 0 Å². The molecule has 3 rings (SSSR count). The van der Waals surface area contributed by atoms with Crippen molar-refractivity contribution in [3.8, 4) is 11.5 Å². The molecule has 1 aromatic heterocycles. The summed E-state index contributed by atoms with van der Waals surface area (Å²) >= 11 is 0. The molecule has 2 aromatic carbocycles. The monoisotopic (exact) mass is 310 g/mol. The Hall–Kier alpha value is -2.95. The van der Waals surface area contributed by atoms with Gasteiger partial charge < -0.3 is 19.8 Å². The van der Waals surface area contributed by atoms with E-state index in [-0.39, 0.29) is 5.91 Å². The largest absolute Gasteiger partial charge is 0.497 e. The van der Waals surface area contributed by atoms with Crippen LogP contribution in [0.3, 0.4) is 0 Å². The molecule has 0 aliphatic heterocycles. The van der Waals surface area contributed by atoms with E-state index in [2.05, 4.69) is 10.3 Å². The van der Waals surface area contributed by atoms with Gasteiger partial charge in [-0.1, -0.05) is 6.07 Å². The summed E-state index contributed by atoms with van der Waals surface area (Å²) in [6.07, 6.45) is 0. The van der Waals surface area contributed by atoms with Gasteiger partial charge in [0, 0.05) is 28.2 Å². The molecule has 0 aliphatic rings. The van der Waals surface area contributed by atoms with Crippen molar-refractivity contribution in [1.29, 1.82) is 0 Å². The maximum Gasteiger partial charge on any atom is 0.255 e. The lowest BCUT2D eigenvalue weighted by molar-refractivity contribution is 0.102. The van der Waals surface area contributed by atoms with Crippen molar-refractivity contribution in [1.82, 2.24) is 4.98 Å². The van der Waals surface area contributed by atoms with Crippen molar-refractivity contribution in [2.75, 3.05) is 19.5 Å². The van der Waals surface area contributed by atoms with Crippen molar-refractivity contribution < 1.29 is 14.3 Å². The number of anilines is 1. The summed E-state index contributed by atoms with van der Waals surface area (Å²) in [5.74, 6) is 0.934. The number of carbonyl (C=O) groups is 1. The van der Waals surface area contributed by atoms with Crippen molar-refractivity contribution >= 4 is 22.5 Å². The lowest BCUT2D eigenvalue weighted by Gasteiger charge is -2.10. The number of rotatable bonds is 4. The highest BCUT2D eigenvalue weighted by molar-refractivity contribution is 6.09. The van der Waals surface area contributed by atoms with E-state index in [9.17, 15) is 4.79 Å². The number of aromatic nitrogens is 1. The Morgan fingerprint density at radius 2 is 1.74 bits per heavy atom. The highest BCUT2D eigenvalue weighted by atomic mass is 16.5. The number of methoxy groups -OCH3 is 2. The molecule has 0 unspecified atom stereocenters. The number of H-pyrrole nitrogens is 1. The number of hydrogen-bond acceptors (Lipinski definition) is 3. The molecule has 0 radical (unpaired) electrons. The van der Waals surface area contributed by atoms with Gasteiger partial charge in [-0.05, 0) is 37.3 Å². The molecule has 0 bridgehead atoms. The van der Waals surface area contributed by atoms with Crippen molar-refractivity contribution in [2.24, 2.45) is 0 Å². The fraction of sp³-hybridized carbons (Fsp3) is 0.167. The second-order valence-electron chi connectivity index (χ2n) is 5.27. The van der Waals surface area contributed by atoms with Gasteiger partial charge in [0.15, 0.2) is 0 Å². The van der Waals surface area contributed by atoms with Gasteiger partial charge in [-0.2, -0.15) is 0 Å². The summed E-state index contributed by atoms with van der Waals surface area (Å²) in [6.45, 7) is 1.98. The van der Waals surface area contributed by atoms with Crippen LogP contribution in [0.2, 0.25) is 0 Å². The molecule has 0 fully saturated rings. The third-order valence-corrected chi connectivity index (χ3v) is 3.66. The van der Waals surface area contributed by atoms with E-state index in [0.717, 1.165) is 22.3 Å². The fourth-order valence-corrected chi connectivity index (χ4v) is 2.54. The number of aryl methyl sites for hydroxylation is 1. The smallest absolute Gasteiger partial charge is 0.255 e. The molecule has 2 N–H and O–H groups in total. The number of hydrogen-bond donors (Lipinski definition) is 2. The summed E-state index contributed by atoms with van der Waals surface area (Å²) in [5, 5.41) is 3.93. The van der Waals surface area contributed by atoms with Crippen LogP contribution in [0.5, 0.6) is 11.5 Å². The van der Waals surface area contributed by atoms with Crippen LogP contribution in [-0.4, -0.2) is 25.1 Å². The van der Waals surface area contributed by atoms with E-state index in [1.807, 2.05) is 31.2 Å². The van der Waals surface area contributed by atoms with Gasteiger partial charge in [-0.25, -0.2) is 0 Å². The molecule has 1 amide bonds. The third-order valence-electron chi connectivity index (χ3n) is 3.66. The minimum Gasteiger partial charge on any atom is -0.497 e. The number of amides is 1. The lowest BCUT2D eigenvalue weighted by Crippen LogP contribution is -2.12. The van der Waals surface area contributed by atoms with Crippen LogP contribution in [-0.2, 0) is 0 Å². The molecule has 118 valence electrons. The topological polar surface area (TPSA) is 63.4 Å². The predicted molar refractivity (Wildman–Crippen MR) is 90.5 cm³/mol. The molecular formula is C18H18N2O3. The second-order valence-corrected chi connectivity index (χ2v) is 5.27. The molecule has 0 spiro atoms. The van der Waals surface area contributed by atoms with Crippen molar-refractivity contribution in [3.63, 3.8) is 0 Å². The molecular weight excluding hydrogens is 292 g/mol. The molecule has 5 nitrogen and oxygen atoms in total. The Balaban J connectivity index is 1.94. The van der Waals surface area contributed by atoms with Gasteiger partial charge in [0.05, 0.1) is 19.9 Å². The average Bonchev–Trinajstić information content (AvgIpc) is 2.95. The summed E-state index contributed by atoms with van der Waals surface area (Å²) in [4.78, 5) is 15.8. The normalized spacial score (nSPS) is 10.6. The second kappa shape index (κ2) is 6.04. The van der Waals surface area contributed by atoms with E-state index in [1.54, 1.807) is 32.4 Å². The molecule has 0 aliphatic carbocycles. The summed E-state index contributed by atoms with van der Waals surface area (Å²) < 4.78 is 10.4. The number of aromatic amines is 1. The van der Waals surface area contributed by atoms with Gasteiger partial charge in [0.2, 0.25) is 0 Å². The van der Waals surface area contributed by atoms with Crippen LogP contribution in [0, 0.1) is 6.92 Å². The van der Waals surface area contributed by atoms with E-state index in [4.69, 9.17) is 9.47 Å². The Labute approximate surface area is 134 Å². The number of nitrogens with one attached hydrogen (secondary N) is 2. The zero-order chi connectivity index (χ0) is 16.4. The Kier molecular flexibility index (Phi) is 3.93. The minimum atomic E-state index is -0.214. The molecule has 0 saturated carbocycles. The highest BCUT2D eigenvalue weighted by Crippen LogP contribution is 2.26. The van der Waals surface area contributed by atoms with Gasteiger partial charge in [-0.3, -0.25) is 4.79 Å². The fourth-order valence-electron chi connectivity index (χ4n) is 2.54. The first-order valence-electron chi connectivity index (χ1n) is 7.23. The Morgan fingerprint density at radius 3 is 2.39 bits per heavy atom. The zero-order valence-electron chi connectivity index (χ0n) is 13.3. The molecule has 5 heteroatoms. The van der Waals surface area contributed by atoms with Crippen LogP contribution in [0.1, 0.15) is 16.1 Å². The first-order chi connectivity index (χ1) is 11.1. The standard InChI is InChI=1S/C18H18N2O3/c1-11-7-15-16(19-11)5-4-6-17(15)20-18(21)12-8-13(22-2)10-14(9-12)23-3/h4-10,19H,1-3H3,(H,20,21). The van der Waals surface area contributed by atoms with Crippen LogP contribution in [0.25, 0.3) is 10.9 Å². The Morgan fingerprint density at radius 1 is 1.04 bits per heavy atom. The summed E-state index contributed by atoms with van der Waals surface area (Å²) in [7, 11) is 3.11. The van der Waals surface area contributed by atoms with Gasteiger partial charge in [0.1, 0.15) is 11.5 Å². The van der Waals surface area contributed by atoms with Crippen LogP contribution in [0.4, 0.5) is 5.69 Å². The Bertz CT molecular complexity index is 846. The summed E-state index contributed by atoms with van der Waals surface area (Å²) in [6, 6.07) is 12.9. The number of carbonyl (C=O) groups excluding carboxylic acids is 1. The first kappa shape index (κ1) is 15.0. The van der Waals surface area contributed by atoms with Gasteiger partial charge in [-0.15, -0.1) is 0 Å². The first-order valence-corrected chi connectivity index (χ1v) is 7.23. The quantitative estimate of drug-likeness (QED) is 0.771. The summed E-state index contributed by atoms with van der Waals surface area (Å²) in [5.41, 5.74) is 3.28. The number of ether oxygens (including phenoxy) is 2. The van der Waals surface area contributed by atoms with Crippen LogP contribution >= 0.6 is 0 Å². The molecule has 3 aromatic rings. The number of benzene rings is 2. The average molecular weight is 310 g/mol. The molecule has 23 heavy (non-hydrogen) atoms. The van der Waals surface area contributed by atoms with Crippen molar-refractivity contribution in [2.45, 2.75) is 6.92 Å². The minimum absolute atomic E-state index is 0.214. The van der Waals surface area contributed by atoms with E-state index in [1.165, 1.54) is 0 Å². The highest BCUT2D eigenvalue weighted by Gasteiger charge is 2.12. The maximum atomic E-state index is 12.6. The zero-order valence-corrected chi connectivity index (χ0v) is 13.3. The van der Waals surface area contributed by atoms with Gasteiger partial charge >= 0.3 is 0 Å². The van der Waals surface area contributed by atoms with E-state index >= 15 is 0 Å². The van der Waals surface area contributed by atoms with Crippen LogP contribution < -0.4 is 14.8 Å². The maximum absolute atomic E-state index is 12.6. The third kappa shape index (κ3) is 2.99. The lowest BCUT2D eigenvalue weighted by atomic mass is 10.1. The van der Waals surface area contributed by atoms with E-state index in [0.29, 0.717) is 17.1 Å². The van der Waals surface area contributed by atoms with Gasteiger partial charge in [0.25, 0.3) is 5.91 Å². The number of fused-ring (bicyclic) bond motifs is 1. The molecule has 0 atom stereocenters. The molecule has 1 heterocycles. The van der Waals surface area contributed by atoms with Crippen molar-refractivity contribution in [3.05, 3.63) is 53.7 Å². The van der Waals surface area contributed by atoms with Crippen LogP contribution in [0.15, 0.2) is 42.5 Å². The SMILES string of the molecule is COc1cc(OC)cc(C(=O)Nc2cccc3[nH]c(C)cc23)c1.